The van der Waals surface area contributed by atoms with E-state index in [2.05, 4.69) is 106 Å². The molecule has 0 aromatic rings. The van der Waals surface area contributed by atoms with E-state index in [1.807, 2.05) is 0 Å². The fraction of sp³-hybridized carbons (Fsp3) is 0.702. The molecule has 0 unspecified atom stereocenters. The minimum absolute atomic E-state index is 0.102. The summed E-state index contributed by atoms with van der Waals surface area (Å²) in [6, 6.07) is 0. The molecule has 0 saturated carbocycles. The molecular weight excluding hydrogens is 781 g/mol. The summed E-state index contributed by atoms with van der Waals surface area (Å²) < 4.78 is 16.7. The molecule has 6 nitrogen and oxygen atoms in total. The molecule has 0 aliphatic rings. The quantitative estimate of drug-likeness (QED) is 0.0262. The summed E-state index contributed by atoms with van der Waals surface area (Å²) in [5, 5.41) is 0. The Kier molecular flexibility index (Phi) is 48.5. The van der Waals surface area contributed by atoms with Gasteiger partial charge in [0.1, 0.15) is 13.2 Å². The number of ether oxygens (including phenoxy) is 3. The van der Waals surface area contributed by atoms with Crippen LogP contribution in [0.3, 0.4) is 0 Å². The molecule has 0 aliphatic carbocycles. The Hall–Kier alpha value is -3.41. The summed E-state index contributed by atoms with van der Waals surface area (Å²) >= 11 is 0. The highest BCUT2D eigenvalue weighted by Crippen LogP contribution is 2.14. The lowest BCUT2D eigenvalue weighted by Crippen LogP contribution is -2.30. The molecule has 0 aromatic carbocycles. The first-order valence-electron chi connectivity index (χ1n) is 26.1. The van der Waals surface area contributed by atoms with Crippen molar-refractivity contribution in [1.29, 1.82) is 0 Å². The minimum atomic E-state index is -0.808. The van der Waals surface area contributed by atoms with Gasteiger partial charge in [-0.2, -0.15) is 0 Å². The van der Waals surface area contributed by atoms with Crippen LogP contribution >= 0.6 is 0 Å². The Bertz CT molecular complexity index is 1240. The molecule has 0 amide bonds. The molecule has 0 aromatic heterocycles. The number of unbranched alkanes of at least 4 members (excludes halogenated alkanes) is 21. The first-order chi connectivity index (χ1) is 31.0. The van der Waals surface area contributed by atoms with Crippen molar-refractivity contribution in [2.45, 2.75) is 245 Å². The molecule has 0 saturated heterocycles. The lowest BCUT2D eigenvalue weighted by atomic mass is 10.1. The van der Waals surface area contributed by atoms with Crippen LogP contribution in [-0.4, -0.2) is 37.2 Å². The van der Waals surface area contributed by atoms with Crippen molar-refractivity contribution in [3.8, 4) is 0 Å². The normalized spacial score (nSPS) is 12.7. The predicted octanol–water partition coefficient (Wildman–Crippen LogP) is 17.2. The average molecular weight is 877 g/mol. The van der Waals surface area contributed by atoms with Gasteiger partial charge in [-0.05, 0) is 96.3 Å². The van der Waals surface area contributed by atoms with Crippen molar-refractivity contribution < 1.29 is 28.6 Å². The van der Waals surface area contributed by atoms with E-state index >= 15 is 0 Å². The highest BCUT2D eigenvalue weighted by molar-refractivity contribution is 5.71. The lowest BCUT2D eigenvalue weighted by molar-refractivity contribution is -0.167. The van der Waals surface area contributed by atoms with Gasteiger partial charge in [-0.1, -0.05) is 209 Å². The second-order valence-corrected chi connectivity index (χ2v) is 17.1. The maximum Gasteiger partial charge on any atom is 0.306 e. The second-order valence-electron chi connectivity index (χ2n) is 17.1. The van der Waals surface area contributed by atoms with E-state index in [9.17, 15) is 14.4 Å². The molecule has 0 heterocycles. The number of allylic oxidation sites excluding steroid dienone is 14. The van der Waals surface area contributed by atoms with E-state index in [1.54, 1.807) is 0 Å². The molecule has 0 radical (unpaired) electrons. The zero-order valence-corrected chi connectivity index (χ0v) is 41.1. The van der Waals surface area contributed by atoms with Gasteiger partial charge in [0.2, 0.25) is 0 Å². The maximum atomic E-state index is 12.8. The van der Waals surface area contributed by atoms with Crippen molar-refractivity contribution in [3.05, 3.63) is 85.1 Å². The Morgan fingerprint density at radius 3 is 0.984 bits per heavy atom. The zero-order valence-electron chi connectivity index (χ0n) is 41.1. The Morgan fingerprint density at radius 1 is 0.317 bits per heavy atom. The Labute approximate surface area is 388 Å². The van der Waals surface area contributed by atoms with E-state index < -0.39 is 6.10 Å². The molecule has 0 bridgehead atoms. The van der Waals surface area contributed by atoms with Crippen LogP contribution in [0.2, 0.25) is 0 Å². The molecule has 0 rings (SSSR count). The van der Waals surface area contributed by atoms with Crippen LogP contribution in [0.15, 0.2) is 85.1 Å². The van der Waals surface area contributed by atoms with Crippen LogP contribution in [-0.2, 0) is 28.6 Å². The molecule has 6 heteroatoms. The van der Waals surface area contributed by atoms with Crippen molar-refractivity contribution in [2.75, 3.05) is 13.2 Å². The van der Waals surface area contributed by atoms with Crippen LogP contribution < -0.4 is 0 Å². The van der Waals surface area contributed by atoms with Crippen LogP contribution in [0.5, 0.6) is 0 Å². The van der Waals surface area contributed by atoms with Gasteiger partial charge in [-0.25, -0.2) is 0 Å². The van der Waals surface area contributed by atoms with Gasteiger partial charge < -0.3 is 14.2 Å². The number of rotatable bonds is 46. The van der Waals surface area contributed by atoms with Gasteiger partial charge in [0.05, 0.1) is 0 Å². The number of hydrogen-bond acceptors (Lipinski definition) is 6. The SMILES string of the molecule is CCCCC/C=C\C/C=C\C/C=C\C/C=C\CCCC(=O)OC[C@@H](COC(=O)CCCCCCCCCCCCC)OC(=O)CCCCCC/C=C\C/C=C\C/C=C\CCCCC. The fourth-order valence-corrected chi connectivity index (χ4v) is 6.91. The zero-order chi connectivity index (χ0) is 45.8. The third kappa shape index (κ3) is 49.5. The Morgan fingerprint density at radius 2 is 0.587 bits per heavy atom. The van der Waals surface area contributed by atoms with Crippen LogP contribution in [0.25, 0.3) is 0 Å². The molecule has 1 atom stereocenters. The second kappa shape index (κ2) is 51.2. The molecule has 0 fully saturated rings. The smallest absolute Gasteiger partial charge is 0.306 e. The first-order valence-corrected chi connectivity index (χ1v) is 26.1. The summed E-state index contributed by atoms with van der Waals surface area (Å²) in [6.07, 6.45) is 65.7. The van der Waals surface area contributed by atoms with Gasteiger partial charge >= 0.3 is 17.9 Å². The minimum Gasteiger partial charge on any atom is -0.462 e. The van der Waals surface area contributed by atoms with E-state index in [0.29, 0.717) is 19.3 Å². The van der Waals surface area contributed by atoms with Gasteiger partial charge in [0.15, 0.2) is 6.10 Å². The Balaban J connectivity index is 4.50. The molecule has 0 spiro atoms. The summed E-state index contributed by atoms with van der Waals surface area (Å²) in [5.41, 5.74) is 0. The van der Waals surface area contributed by atoms with Crippen LogP contribution in [0.4, 0.5) is 0 Å². The summed E-state index contributed by atoms with van der Waals surface area (Å²) in [7, 11) is 0. The summed E-state index contributed by atoms with van der Waals surface area (Å²) in [4.78, 5) is 37.9. The number of hydrogen-bond donors (Lipinski definition) is 0. The van der Waals surface area contributed by atoms with Gasteiger partial charge in [-0.15, -0.1) is 0 Å². The van der Waals surface area contributed by atoms with E-state index in [4.69, 9.17) is 14.2 Å². The molecular formula is C57H96O6. The monoisotopic (exact) mass is 877 g/mol. The van der Waals surface area contributed by atoms with Crippen LogP contribution in [0.1, 0.15) is 239 Å². The van der Waals surface area contributed by atoms with Crippen molar-refractivity contribution >= 4 is 17.9 Å². The molecule has 63 heavy (non-hydrogen) atoms. The largest absolute Gasteiger partial charge is 0.462 e. The highest BCUT2D eigenvalue weighted by Gasteiger charge is 2.19. The summed E-state index contributed by atoms with van der Waals surface area (Å²) in [6.45, 7) is 6.50. The number of carbonyl (C=O) groups excluding carboxylic acids is 3. The predicted molar refractivity (Wildman–Crippen MR) is 270 cm³/mol. The average Bonchev–Trinajstić information content (AvgIpc) is 3.28. The molecule has 0 N–H and O–H groups in total. The topological polar surface area (TPSA) is 78.9 Å². The highest BCUT2D eigenvalue weighted by atomic mass is 16.6. The van der Waals surface area contributed by atoms with Crippen molar-refractivity contribution in [3.63, 3.8) is 0 Å². The third-order valence-corrected chi connectivity index (χ3v) is 10.9. The number of carbonyl (C=O) groups is 3. The van der Waals surface area contributed by atoms with Gasteiger partial charge in [-0.3, -0.25) is 14.4 Å². The molecule has 0 aliphatic heterocycles. The van der Waals surface area contributed by atoms with Crippen molar-refractivity contribution in [2.24, 2.45) is 0 Å². The van der Waals surface area contributed by atoms with Gasteiger partial charge in [0, 0.05) is 19.3 Å². The fourth-order valence-electron chi connectivity index (χ4n) is 6.91. The lowest BCUT2D eigenvalue weighted by Gasteiger charge is -2.18. The third-order valence-electron chi connectivity index (χ3n) is 10.9. The first kappa shape index (κ1) is 59.6. The van der Waals surface area contributed by atoms with Crippen LogP contribution in [0, 0.1) is 0 Å². The molecule has 360 valence electrons. The van der Waals surface area contributed by atoms with E-state index in [0.717, 1.165) is 89.9 Å². The van der Waals surface area contributed by atoms with Crippen molar-refractivity contribution in [1.82, 2.24) is 0 Å². The van der Waals surface area contributed by atoms with E-state index in [1.165, 1.54) is 103 Å². The van der Waals surface area contributed by atoms with E-state index in [-0.39, 0.29) is 37.5 Å². The number of esters is 3. The standard InChI is InChI=1S/C57H96O6/c1-4-7-10-13-16-19-22-24-26-28-30-32-35-38-41-44-47-50-56(59)62-53-54(52-61-55(58)49-46-43-40-37-34-21-18-15-12-9-6-3)63-57(60)51-48-45-42-39-36-33-31-29-27-25-23-20-17-14-11-8-5-2/h16-17,19-20,24-27,30-33,38,41,54H,4-15,18,21-23,28-29,34-37,39-40,42-53H2,1-3H3/b19-16-,20-17-,26-24-,27-25-,32-30-,33-31-,41-38-/t54-/m1/s1. The summed E-state index contributed by atoms with van der Waals surface area (Å²) in [5.74, 6) is -0.984. The van der Waals surface area contributed by atoms with Gasteiger partial charge in [0.25, 0.3) is 0 Å². The maximum absolute atomic E-state index is 12.8.